The summed E-state index contributed by atoms with van der Waals surface area (Å²) >= 11 is 0. The maximum absolute atomic E-state index is 14.5. The summed E-state index contributed by atoms with van der Waals surface area (Å²) in [4.78, 5) is 2.27. The molecule has 0 radical (unpaired) electrons. The third-order valence-electron chi connectivity index (χ3n) is 7.72. The number of rotatable bonds is 12. The average Bonchev–Trinajstić information content (AvgIpc) is 3.00. The molecule has 1 aliphatic rings. The normalized spacial score (nSPS) is 21.1. The highest BCUT2D eigenvalue weighted by atomic mass is 19.1. The molecule has 0 unspecified atom stereocenters. The lowest BCUT2D eigenvalue weighted by atomic mass is 9.93. The zero-order chi connectivity index (χ0) is 28.4. The molecule has 0 saturated carbocycles. The van der Waals surface area contributed by atoms with E-state index in [1.807, 2.05) is 78.9 Å². The molecule has 0 bridgehead atoms. The van der Waals surface area contributed by atoms with Gasteiger partial charge in [0.1, 0.15) is 23.8 Å². The van der Waals surface area contributed by atoms with Crippen LogP contribution in [0.5, 0.6) is 0 Å². The van der Waals surface area contributed by atoms with Gasteiger partial charge in [-0.05, 0) is 41.7 Å². The first-order valence-corrected chi connectivity index (χ1v) is 14.2. The van der Waals surface area contributed by atoms with E-state index in [1.54, 1.807) is 0 Å². The minimum atomic E-state index is -0.570. The summed E-state index contributed by atoms with van der Waals surface area (Å²) in [7, 11) is 0. The second kappa shape index (κ2) is 14.5. The van der Waals surface area contributed by atoms with Crippen LogP contribution in [0.1, 0.15) is 29.2 Å². The SMILES string of the molecule is C[C@@H]1[C@@H](OCc2ccccc2)[C@H](OCc2ccccc2)[C@@H](OCc2ccccc2)CN1CCc1ccc(F)cc1F. The fourth-order valence-electron chi connectivity index (χ4n) is 5.37. The number of nitrogens with zero attached hydrogens (tertiary/aromatic N) is 1. The van der Waals surface area contributed by atoms with Crippen molar-refractivity contribution >= 4 is 0 Å². The van der Waals surface area contributed by atoms with Crippen LogP contribution in [0.3, 0.4) is 0 Å². The molecule has 1 heterocycles. The molecule has 5 rings (SSSR count). The fourth-order valence-corrected chi connectivity index (χ4v) is 5.37. The maximum atomic E-state index is 14.5. The first kappa shape index (κ1) is 29.1. The van der Waals surface area contributed by atoms with Gasteiger partial charge in [-0.15, -0.1) is 0 Å². The van der Waals surface area contributed by atoms with E-state index in [0.29, 0.717) is 44.9 Å². The highest BCUT2D eigenvalue weighted by Crippen LogP contribution is 2.29. The van der Waals surface area contributed by atoms with Crippen molar-refractivity contribution in [3.63, 3.8) is 0 Å². The number of hydrogen-bond acceptors (Lipinski definition) is 4. The van der Waals surface area contributed by atoms with Crippen molar-refractivity contribution in [1.29, 1.82) is 0 Å². The summed E-state index contributed by atoms with van der Waals surface area (Å²) in [5.74, 6) is -1.09. The largest absolute Gasteiger partial charge is 0.369 e. The quantitative estimate of drug-likeness (QED) is 0.188. The molecule has 4 aromatic carbocycles. The molecular weight excluding hydrogens is 520 g/mol. The Morgan fingerprint density at radius 2 is 1.17 bits per heavy atom. The molecule has 4 nitrogen and oxygen atoms in total. The van der Waals surface area contributed by atoms with Crippen molar-refractivity contribution in [2.75, 3.05) is 13.1 Å². The first-order chi connectivity index (χ1) is 20.1. The van der Waals surface area contributed by atoms with Gasteiger partial charge in [0.05, 0.1) is 25.9 Å². The van der Waals surface area contributed by atoms with E-state index >= 15 is 0 Å². The van der Waals surface area contributed by atoms with Crippen molar-refractivity contribution in [3.05, 3.63) is 143 Å². The van der Waals surface area contributed by atoms with Gasteiger partial charge in [-0.3, -0.25) is 4.90 Å². The third-order valence-corrected chi connectivity index (χ3v) is 7.72. The molecule has 0 amide bonds. The Balaban J connectivity index is 1.38. The number of halogens is 2. The summed E-state index contributed by atoms with van der Waals surface area (Å²) < 4.78 is 47.7. The highest BCUT2D eigenvalue weighted by molar-refractivity contribution is 5.19. The average molecular weight is 558 g/mol. The van der Waals surface area contributed by atoms with Gasteiger partial charge in [-0.2, -0.15) is 0 Å². The van der Waals surface area contributed by atoms with Crippen molar-refractivity contribution in [2.24, 2.45) is 0 Å². The minimum absolute atomic E-state index is 0.0282. The van der Waals surface area contributed by atoms with Gasteiger partial charge in [0.25, 0.3) is 0 Å². The molecule has 4 atom stereocenters. The number of hydrogen-bond donors (Lipinski definition) is 0. The molecule has 4 aromatic rings. The molecule has 0 aromatic heterocycles. The molecule has 41 heavy (non-hydrogen) atoms. The Hall–Kier alpha value is -3.42. The zero-order valence-electron chi connectivity index (χ0n) is 23.4. The molecule has 1 fully saturated rings. The third kappa shape index (κ3) is 8.08. The second-order valence-electron chi connectivity index (χ2n) is 10.6. The molecule has 0 spiro atoms. The summed E-state index contributed by atoms with van der Waals surface area (Å²) in [6.45, 7) is 4.62. The number of benzene rings is 4. The summed E-state index contributed by atoms with van der Waals surface area (Å²) in [5, 5.41) is 0. The number of likely N-dealkylation sites (tertiary alicyclic amines) is 1. The Bertz CT molecular complexity index is 1340. The fraction of sp³-hybridized carbons (Fsp3) is 0.314. The molecule has 0 aliphatic carbocycles. The van der Waals surface area contributed by atoms with Crippen LogP contribution in [-0.2, 0) is 40.5 Å². The highest BCUT2D eigenvalue weighted by Gasteiger charge is 2.44. The van der Waals surface area contributed by atoms with Crippen LogP contribution in [0.15, 0.2) is 109 Å². The zero-order valence-corrected chi connectivity index (χ0v) is 23.4. The maximum Gasteiger partial charge on any atom is 0.129 e. The van der Waals surface area contributed by atoms with E-state index in [1.165, 1.54) is 12.1 Å². The van der Waals surface area contributed by atoms with Crippen LogP contribution in [0, 0.1) is 11.6 Å². The first-order valence-electron chi connectivity index (χ1n) is 14.2. The summed E-state index contributed by atoms with van der Waals surface area (Å²) in [6, 6.07) is 34.0. The van der Waals surface area contributed by atoms with Gasteiger partial charge < -0.3 is 14.2 Å². The molecule has 1 aliphatic heterocycles. The van der Waals surface area contributed by atoms with Gasteiger partial charge in [0, 0.05) is 25.2 Å². The molecule has 6 heteroatoms. The molecule has 0 N–H and O–H groups in total. The Morgan fingerprint density at radius 3 is 1.71 bits per heavy atom. The lowest BCUT2D eigenvalue weighted by Crippen LogP contribution is -2.62. The van der Waals surface area contributed by atoms with Crippen molar-refractivity contribution < 1.29 is 23.0 Å². The van der Waals surface area contributed by atoms with Gasteiger partial charge in [0.2, 0.25) is 0 Å². The van der Waals surface area contributed by atoms with E-state index in [-0.39, 0.29) is 24.4 Å². The minimum Gasteiger partial charge on any atom is -0.369 e. The molecule has 214 valence electrons. The van der Waals surface area contributed by atoms with Gasteiger partial charge >= 0.3 is 0 Å². The van der Waals surface area contributed by atoms with Crippen LogP contribution >= 0.6 is 0 Å². The van der Waals surface area contributed by atoms with E-state index in [2.05, 4.69) is 24.0 Å². The standard InChI is InChI=1S/C35H37F2NO3/c1-26-34(40-24-28-13-7-3-8-14-28)35(41-25-29-15-9-4-10-16-29)33(39-23-27-11-5-2-6-12-27)22-38(26)20-19-30-17-18-31(36)21-32(30)37/h2-18,21,26,33-35H,19-20,22-25H2,1H3/t26-,33+,34-,35-/m1/s1. The van der Waals surface area contributed by atoms with E-state index in [9.17, 15) is 8.78 Å². The van der Waals surface area contributed by atoms with Crippen molar-refractivity contribution in [2.45, 2.75) is 57.5 Å². The van der Waals surface area contributed by atoms with Crippen LogP contribution < -0.4 is 0 Å². The lowest BCUT2D eigenvalue weighted by molar-refractivity contribution is -0.200. The predicted octanol–water partition coefficient (Wildman–Crippen LogP) is 6.97. The smallest absolute Gasteiger partial charge is 0.129 e. The van der Waals surface area contributed by atoms with E-state index in [0.717, 1.165) is 22.8 Å². The van der Waals surface area contributed by atoms with E-state index in [4.69, 9.17) is 14.2 Å². The summed E-state index contributed by atoms with van der Waals surface area (Å²) in [6.07, 6.45) is -0.458. The Labute approximate surface area is 241 Å². The number of piperidine rings is 1. The monoisotopic (exact) mass is 557 g/mol. The van der Waals surface area contributed by atoms with Crippen LogP contribution in [0.25, 0.3) is 0 Å². The predicted molar refractivity (Wildman–Crippen MR) is 156 cm³/mol. The van der Waals surface area contributed by atoms with Crippen molar-refractivity contribution in [1.82, 2.24) is 4.90 Å². The second-order valence-corrected chi connectivity index (χ2v) is 10.6. The molecular formula is C35H37F2NO3. The lowest BCUT2D eigenvalue weighted by Gasteiger charge is -2.47. The Morgan fingerprint density at radius 1 is 0.659 bits per heavy atom. The number of ether oxygens (including phenoxy) is 3. The van der Waals surface area contributed by atoms with Crippen LogP contribution in [0.2, 0.25) is 0 Å². The van der Waals surface area contributed by atoms with Gasteiger partial charge in [0.15, 0.2) is 0 Å². The van der Waals surface area contributed by atoms with Crippen molar-refractivity contribution in [3.8, 4) is 0 Å². The van der Waals surface area contributed by atoms with Crippen LogP contribution in [0.4, 0.5) is 8.78 Å². The topological polar surface area (TPSA) is 30.9 Å². The summed E-state index contributed by atoms with van der Waals surface area (Å²) in [5.41, 5.74) is 3.73. The molecule has 1 saturated heterocycles. The Kier molecular flexibility index (Phi) is 10.3. The van der Waals surface area contributed by atoms with E-state index < -0.39 is 11.6 Å². The van der Waals surface area contributed by atoms with Gasteiger partial charge in [-0.1, -0.05) is 97.1 Å². The van der Waals surface area contributed by atoms with Gasteiger partial charge in [-0.25, -0.2) is 8.78 Å². The van der Waals surface area contributed by atoms with Crippen LogP contribution in [-0.4, -0.2) is 42.3 Å².